The zero-order chi connectivity index (χ0) is 13.0. The second kappa shape index (κ2) is 6.75. The van der Waals surface area contributed by atoms with E-state index in [1.54, 1.807) is 0 Å². The molecule has 0 bridgehead atoms. The summed E-state index contributed by atoms with van der Waals surface area (Å²) in [4.78, 5) is 2.62. The standard InChI is InChI=1S/C15H32N2/c1-7-13-8-9-14(16-5)15(10-13)17(6)12(4)11(2)3/h11-16H,7-10H2,1-6H3. The Balaban J connectivity index is 2.68. The van der Waals surface area contributed by atoms with Gasteiger partial charge in [-0.15, -0.1) is 0 Å². The van der Waals surface area contributed by atoms with Crippen LogP contribution in [0, 0.1) is 11.8 Å². The number of nitrogens with one attached hydrogen (secondary N) is 1. The summed E-state index contributed by atoms with van der Waals surface area (Å²) >= 11 is 0. The molecule has 0 heterocycles. The number of likely N-dealkylation sites (N-methyl/N-ethyl adjacent to an activating group) is 2. The third-order valence-corrected chi connectivity index (χ3v) is 5.00. The van der Waals surface area contributed by atoms with Crippen LogP contribution in [-0.4, -0.2) is 37.1 Å². The predicted molar refractivity (Wildman–Crippen MR) is 76.3 cm³/mol. The molecule has 4 atom stereocenters. The van der Waals surface area contributed by atoms with Crippen molar-refractivity contribution in [2.24, 2.45) is 11.8 Å². The van der Waals surface area contributed by atoms with Gasteiger partial charge in [0, 0.05) is 18.1 Å². The molecule has 4 unspecified atom stereocenters. The van der Waals surface area contributed by atoms with Gasteiger partial charge >= 0.3 is 0 Å². The Morgan fingerprint density at radius 1 is 1.24 bits per heavy atom. The fraction of sp³-hybridized carbons (Fsp3) is 1.00. The topological polar surface area (TPSA) is 15.3 Å². The van der Waals surface area contributed by atoms with E-state index >= 15 is 0 Å². The van der Waals surface area contributed by atoms with E-state index in [4.69, 9.17) is 0 Å². The molecule has 1 aliphatic rings. The lowest BCUT2D eigenvalue weighted by molar-refractivity contribution is 0.0737. The van der Waals surface area contributed by atoms with Crippen molar-refractivity contribution in [3.63, 3.8) is 0 Å². The molecule has 0 amide bonds. The lowest BCUT2D eigenvalue weighted by Crippen LogP contribution is -2.54. The Labute approximate surface area is 108 Å². The first kappa shape index (κ1) is 15.0. The Morgan fingerprint density at radius 3 is 2.35 bits per heavy atom. The van der Waals surface area contributed by atoms with Crippen molar-refractivity contribution in [1.82, 2.24) is 10.2 Å². The van der Waals surface area contributed by atoms with E-state index in [0.29, 0.717) is 12.1 Å². The van der Waals surface area contributed by atoms with Gasteiger partial charge in [0.25, 0.3) is 0 Å². The average molecular weight is 240 g/mol. The third-order valence-electron chi connectivity index (χ3n) is 5.00. The monoisotopic (exact) mass is 240 g/mol. The highest BCUT2D eigenvalue weighted by molar-refractivity contribution is 4.91. The van der Waals surface area contributed by atoms with Crippen molar-refractivity contribution in [1.29, 1.82) is 0 Å². The largest absolute Gasteiger partial charge is 0.315 e. The first-order valence-corrected chi connectivity index (χ1v) is 7.40. The van der Waals surface area contributed by atoms with Crippen molar-refractivity contribution in [2.45, 2.75) is 71.5 Å². The minimum absolute atomic E-state index is 0.673. The van der Waals surface area contributed by atoms with Crippen LogP contribution in [0.3, 0.4) is 0 Å². The summed E-state index contributed by atoms with van der Waals surface area (Å²) < 4.78 is 0. The molecule has 17 heavy (non-hydrogen) atoms. The van der Waals surface area contributed by atoms with Gasteiger partial charge in [-0.2, -0.15) is 0 Å². The molecule has 0 spiro atoms. The Bertz CT molecular complexity index is 215. The maximum Gasteiger partial charge on any atom is 0.0251 e. The smallest absolute Gasteiger partial charge is 0.0251 e. The van der Waals surface area contributed by atoms with Gasteiger partial charge in [0.1, 0.15) is 0 Å². The fourth-order valence-corrected chi connectivity index (χ4v) is 3.16. The van der Waals surface area contributed by atoms with Crippen LogP contribution in [0.15, 0.2) is 0 Å². The van der Waals surface area contributed by atoms with Crippen LogP contribution in [-0.2, 0) is 0 Å². The van der Waals surface area contributed by atoms with Crippen molar-refractivity contribution in [3.05, 3.63) is 0 Å². The summed E-state index contributed by atoms with van der Waals surface area (Å²) in [6.45, 7) is 9.37. The van der Waals surface area contributed by atoms with Crippen LogP contribution in [0.4, 0.5) is 0 Å². The molecule has 0 aromatic carbocycles. The second-order valence-electron chi connectivity index (χ2n) is 6.20. The molecule has 1 N–H and O–H groups in total. The van der Waals surface area contributed by atoms with Crippen LogP contribution < -0.4 is 5.32 Å². The van der Waals surface area contributed by atoms with Gasteiger partial charge in [-0.3, -0.25) is 4.90 Å². The van der Waals surface area contributed by atoms with Gasteiger partial charge in [-0.05, 0) is 52.1 Å². The maximum absolute atomic E-state index is 3.53. The molecular weight excluding hydrogens is 208 g/mol. The molecule has 2 heteroatoms. The van der Waals surface area contributed by atoms with Crippen molar-refractivity contribution in [2.75, 3.05) is 14.1 Å². The van der Waals surface area contributed by atoms with Gasteiger partial charge in [0.05, 0.1) is 0 Å². The van der Waals surface area contributed by atoms with Gasteiger partial charge in [0.2, 0.25) is 0 Å². The molecule has 0 radical (unpaired) electrons. The van der Waals surface area contributed by atoms with E-state index < -0.39 is 0 Å². The summed E-state index contributed by atoms with van der Waals surface area (Å²) in [6, 6.07) is 2.08. The normalized spacial score (nSPS) is 32.1. The third kappa shape index (κ3) is 3.69. The van der Waals surface area contributed by atoms with Gasteiger partial charge in [-0.25, -0.2) is 0 Å². The number of nitrogens with zero attached hydrogens (tertiary/aromatic N) is 1. The molecule has 0 aromatic heterocycles. The lowest BCUT2D eigenvalue weighted by Gasteiger charge is -2.44. The zero-order valence-corrected chi connectivity index (χ0v) is 12.7. The molecule has 1 rings (SSSR count). The Kier molecular flexibility index (Phi) is 5.94. The fourth-order valence-electron chi connectivity index (χ4n) is 3.16. The van der Waals surface area contributed by atoms with E-state index in [1.165, 1.54) is 25.7 Å². The van der Waals surface area contributed by atoms with Crippen LogP contribution in [0.25, 0.3) is 0 Å². The van der Waals surface area contributed by atoms with E-state index in [-0.39, 0.29) is 0 Å². The first-order valence-electron chi connectivity index (χ1n) is 7.40. The maximum atomic E-state index is 3.53. The van der Waals surface area contributed by atoms with E-state index in [1.807, 2.05) is 0 Å². The highest BCUT2D eigenvalue weighted by Crippen LogP contribution is 2.31. The van der Waals surface area contributed by atoms with Crippen LogP contribution in [0.2, 0.25) is 0 Å². The highest BCUT2D eigenvalue weighted by atomic mass is 15.2. The van der Waals surface area contributed by atoms with Gasteiger partial charge in [0.15, 0.2) is 0 Å². The molecule has 1 fully saturated rings. The molecular formula is C15H32N2. The van der Waals surface area contributed by atoms with Crippen LogP contribution in [0.5, 0.6) is 0 Å². The number of rotatable bonds is 5. The minimum Gasteiger partial charge on any atom is -0.315 e. The molecule has 0 saturated heterocycles. The molecule has 1 aliphatic carbocycles. The predicted octanol–water partition coefficient (Wildman–Crippen LogP) is 3.13. The van der Waals surface area contributed by atoms with Crippen molar-refractivity contribution >= 4 is 0 Å². The summed E-state index contributed by atoms with van der Waals surface area (Å²) in [5.74, 6) is 1.67. The first-order chi connectivity index (χ1) is 8.01. The van der Waals surface area contributed by atoms with Gasteiger partial charge < -0.3 is 5.32 Å². The minimum atomic E-state index is 0.673. The summed E-state index contributed by atoms with van der Waals surface area (Å²) in [5, 5.41) is 3.53. The zero-order valence-electron chi connectivity index (χ0n) is 12.7. The molecule has 2 nitrogen and oxygen atoms in total. The van der Waals surface area contributed by atoms with Crippen molar-refractivity contribution < 1.29 is 0 Å². The molecule has 102 valence electrons. The van der Waals surface area contributed by atoms with Gasteiger partial charge in [-0.1, -0.05) is 27.2 Å². The number of hydrogen-bond donors (Lipinski definition) is 1. The van der Waals surface area contributed by atoms with Crippen LogP contribution >= 0.6 is 0 Å². The van der Waals surface area contributed by atoms with E-state index in [0.717, 1.165) is 17.9 Å². The molecule has 0 aromatic rings. The van der Waals surface area contributed by atoms with E-state index in [9.17, 15) is 0 Å². The average Bonchev–Trinajstić information content (AvgIpc) is 2.35. The van der Waals surface area contributed by atoms with Crippen molar-refractivity contribution in [3.8, 4) is 0 Å². The summed E-state index contributed by atoms with van der Waals surface area (Å²) in [5.41, 5.74) is 0. The number of hydrogen-bond acceptors (Lipinski definition) is 2. The lowest BCUT2D eigenvalue weighted by atomic mass is 9.79. The summed E-state index contributed by atoms with van der Waals surface area (Å²) in [6.07, 6.45) is 5.46. The SMILES string of the molecule is CCC1CCC(NC)C(N(C)C(C)C(C)C)C1. The van der Waals surface area contributed by atoms with Crippen LogP contribution in [0.1, 0.15) is 53.4 Å². The van der Waals surface area contributed by atoms with E-state index in [2.05, 4.69) is 52.0 Å². The second-order valence-corrected chi connectivity index (χ2v) is 6.20. The highest BCUT2D eigenvalue weighted by Gasteiger charge is 2.33. The molecule has 0 aliphatic heterocycles. The summed E-state index contributed by atoms with van der Waals surface area (Å²) in [7, 11) is 4.44. The quantitative estimate of drug-likeness (QED) is 0.794. The Morgan fingerprint density at radius 2 is 1.88 bits per heavy atom. The Hall–Kier alpha value is -0.0800. The molecule has 1 saturated carbocycles.